The van der Waals surface area contributed by atoms with Crippen molar-refractivity contribution in [1.29, 1.82) is 0 Å². The molecule has 0 saturated heterocycles. The van der Waals surface area contributed by atoms with E-state index in [4.69, 9.17) is 4.74 Å². The third kappa shape index (κ3) is 6.06. The molecular formula is C23H26N4OS. The normalized spacial score (nSPS) is 11.0. The maximum absolute atomic E-state index is 6.06. The molecule has 3 rings (SSSR count). The Hall–Kier alpha value is -2.86. The Balaban J connectivity index is 1.71. The average molecular weight is 407 g/mol. The van der Waals surface area contributed by atoms with Crippen LogP contribution in [0.1, 0.15) is 23.6 Å². The van der Waals surface area contributed by atoms with Crippen molar-refractivity contribution >= 4 is 23.8 Å². The van der Waals surface area contributed by atoms with Gasteiger partial charge in [-0.25, -0.2) is 9.98 Å². The van der Waals surface area contributed by atoms with Crippen molar-refractivity contribution in [2.75, 3.05) is 13.6 Å². The van der Waals surface area contributed by atoms with E-state index in [1.165, 1.54) is 5.56 Å². The van der Waals surface area contributed by atoms with E-state index >= 15 is 0 Å². The molecule has 0 saturated carbocycles. The first-order chi connectivity index (χ1) is 14.0. The lowest BCUT2D eigenvalue weighted by molar-refractivity contribution is 0.452. The van der Waals surface area contributed by atoms with Gasteiger partial charge in [0.25, 0.3) is 0 Å². The van der Waals surface area contributed by atoms with Crippen LogP contribution in [-0.2, 0) is 5.75 Å². The summed E-state index contributed by atoms with van der Waals surface area (Å²) < 4.78 is 6.06. The minimum Gasteiger partial charge on any atom is -0.439 e. The predicted molar refractivity (Wildman–Crippen MR) is 120 cm³/mol. The van der Waals surface area contributed by atoms with Crippen molar-refractivity contribution in [3.63, 3.8) is 0 Å². The van der Waals surface area contributed by atoms with Crippen molar-refractivity contribution in [3.8, 4) is 11.6 Å². The molecule has 0 fully saturated rings. The zero-order chi connectivity index (χ0) is 20.6. The van der Waals surface area contributed by atoms with Crippen molar-refractivity contribution in [1.82, 2.24) is 14.9 Å². The zero-order valence-electron chi connectivity index (χ0n) is 17.3. The van der Waals surface area contributed by atoms with E-state index in [2.05, 4.69) is 34.0 Å². The first-order valence-electron chi connectivity index (χ1n) is 9.58. The van der Waals surface area contributed by atoms with Gasteiger partial charge in [0.15, 0.2) is 5.16 Å². The fourth-order valence-corrected chi connectivity index (χ4v) is 3.33. The van der Waals surface area contributed by atoms with Crippen molar-refractivity contribution < 1.29 is 4.74 Å². The molecule has 0 aliphatic carbocycles. The second-order valence-electron chi connectivity index (χ2n) is 6.78. The molecule has 0 amide bonds. The lowest BCUT2D eigenvalue weighted by atomic mass is 10.1. The molecular weight excluding hydrogens is 380 g/mol. The number of nitrogens with zero attached hydrogens (tertiary/aromatic N) is 4. The third-order valence-electron chi connectivity index (χ3n) is 4.42. The summed E-state index contributed by atoms with van der Waals surface area (Å²) >= 11 is 1.59. The highest BCUT2D eigenvalue weighted by atomic mass is 32.2. The number of thioether (sulfide) groups is 1. The molecule has 0 atom stereocenters. The van der Waals surface area contributed by atoms with Gasteiger partial charge in [-0.1, -0.05) is 42.1 Å². The van der Waals surface area contributed by atoms with Crippen molar-refractivity contribution in [2.24, 2.45) is 4.99 Å². The van der Waals surface area contributed by atoms with Gasteiger partial charge in [0.05, 0.1) is 12.0 Å². The number of hydrogen-bond acceptors (Lipinski definition) is 5. The molecule has 1 aromatic heterocycles. The van der Waals surface area contributed by atoms with E-state index < -0.39 is 0 Å². The van der Waals surface area contributed by atoms with Crippen LogP contribution in [0.4, 0.5) is 5.69 Å². The summed E-state index contributed by atoms with van der Waals surface area (Å²) in [6.07, 6.45) is 3.58. The minimum atomic E-state index is 0.542. The number of aliphatic imine (C=N–C) groups is 1. The van der Waals surface area contributed by atoms with Gasteiger partial charge in [-0.3, -0.25) is 0 Å². The third-order valence-corrected chi connectivity index (χ3v) is 5.35. The number of benzene rings is 2. The smallest absolute Gasteiger partial charge is 0.223 e. The van der Waals surface area contributed by atoms with Crippen LogP contribution in [0.15, 0.2) is 64.9 Å². The zero-order valence-corrected chi connectivity index (χ0v) is 18.1. The van der Waals surface area contributed by atoms with Gasteiger partial charge < -0.3 is 9.64 Å². The Bertz CT molecular complexity index is 976. The van der Waals surface area contributed by atoms with Crippen LogP contribution in [0.25, 0.3) is 0 Å². The summed E-state index contributed by atoms with van der Waals surface area (Å²) in [5.41, 5.74) is 4.25. The lowest BCUT2D eigenvalue weighted by Gasteiger charge is -2.12. The molecule has 2 aromatic carbocycles. The van der Waals surface area contributed by atoms with Gasteiger partial charge in [0.1, 0.15) is 5.75 Å². The van der Waals surface area contributed by atoms with Gasteiger partial charge in [0.2, 0.25) is 5.88 Å². The van der Waals surface area contributed by atoms with Gasteiger partial charge in [-0.05, 0) is 49.6 Å². The largest absolute Gasteiger partial charge is 0.439 e. The van der Waals surface area contributed by atoms with Crippen LogP contribution in [0.3, 0.4) is 0 Å². The fraction of sp³-hybridized carbons (Fsp3) is 0.261. The Morgan fingerprint density at radius 2 is 1.90 bits per heavy atom. The molecule has 0 radical (unpaired) electrons. The van der Waals surface area contributed by atoms with Gasteiger partial charge >= 0.3 is 0 Å². The van der Waals surface area contributed by atoms with E-state index in [9.17, 15) is 0 Å². The summed E-state index contributed by atoms with van der Waals surface area (Å²) in [6, 6.07) is 16.1. The lowest BCUT2D eigenvalue weighted by Crippen LogP contribution is -2.14. The molecule has 5 nitrogen and oxygen atoms in total. The van der Waals surface area contributed by atoms with Gasteiger partial charge in [-0.2, -0.15) is 4.98 Å². The van der Waals surface area contributed by atoms with Crippen LogP contribution in [-0.4, -0.2) is 34.8 Å². The van der Waals surface area contributed by atoms with Crippen molar-refractivity contribution in [2.45, 2.75) is 31.7 Å². The first kappa shape index (κ1) is 20.9. The number of ether oxygens (including phenoxy) is 1. The Morgan fingerprint density at radius 3 is 2.66 bits per heavy atom. The van der Waals surface area contributed by atoms with Crippen LogP contribution in [0, 0.1) is 13.8 Å². The Labute approximate surface area is 176 Å². The fourth-order valence-electron chi connectivity index (χ4n) is 2.55. The van der Waals surface area contributed by atoms with E-state index in [1.54, 1.807) is 24.0 Å². The highest BCUT2D eigenvalue weighted by Gasteiger charge is 2.09. The molecule has 6 heteroatoms. The average Bonchev–Trinajstić information content (AvgIpc) is 2.74. The SMILES string of the molecule is CCN(C)/C=N/c1cc(C)c(Oc2ccnc(SCc3ccccc3)n2)cc1C. The topological polar surface area (TPSA) is 50.6 Å². The molecule has 0 N–H and O–H groups in total. The molecule has 0 spiro atoms. The molecule has 0 unspecified atom stereocenters. The van der Waals surface area contributed by atoms with Gasteiger partial charge in [0, 0.05) is 31.6 Å². The molecule has 150 valence electrons. The molecule has 29 heavy (non-hydrogen) atoms. The summed E-state index contributed by atoms with van der Waals surface area (Å²) in [7, 11) is 2.01. The number of aryl methyl sites for hydroxylation is 2. The van der Waals surface area contributed by atoms with Crippen LogP contribution in [0.5, 0.6) is 11.6 Å². The maximum atomic E-state index is 6.06. The maximum Gasteiger partial charge on any atom is 0.223 e. The molecule has 1 heterocycles. The molecule has 0 aliphatic rings. The second kappa shape index (κ2) is 10.1. The standard InChI is InChI=1S/C23H26N4OS/c1-5-27(4)16-25-20-13-18(3)21(14-17(20)2)28-22-11-12-24-23(26-22)29-15-19-9-7-6-8-10-19/h6-14,16H,5,15H2,1-4H3/b25-16+. The number of aromatic nitrogens is 2. The van der Waals surface area contributed by atoms with Gasteiger partial charge in [-0.15, -0.1) is 0 Å². The summed E-state index contributed by atoms with van der Waals surface area (Å²) in [5, 5.41) is 0.699. The van der Waals surface area contributed by atoms with E-state index in [0.717, 1.165) is 34.9 Å². The summed E-state index contributed by atoms with van der Waals surface area (Å²) in [6.45, 7) is 7.06. The predicted octanol–water partition coefficient (Wildman–Crippen LogP) is 5.79. The van der Waals surface area contributed by atoms with E-state index in [-0.39, 0.29) is 0 Å². The molecule has 0 bridgehead atoms. The monoisotopic (exact) mass is 406 g/mol. The second-order valence-corrected chi connectivity index (χ2v) is 7.72. The van der Waals surface area contributed by atoms with Crippen LogP contribution >= 0.6 is 11.8 Å². The van der Waals surface area contributed by atoms with Crippen LogP contribution < -0.4 is 4.74 Å². The summed E-state index contributed by atoms with van der Waals surface area (Å²) in [4.78, 5) is 15.5. The highest BCUT2D eigenvalue weighted by molar-refractivity contribution is 7.98. The first-order valence-corrected chi connectivity index (χ1v) is 10.6. The minimum absolute atomic E-state index is 0.542. The summed E-state index contributed by atoms with van der Waals surface area (Å²) in [5.74, 6) is 2.14. The van der Waals surface area contributed by atoms with E-state index in [1.807, 2.05) is 62.5 Å². The highest BCUT2D eigenvalue weighted by Crippen LogP contribution is 2.31. The Morgan fingerprint density at radius 1 is 1.10 bits per heavy atom. The quantitative estimate of drug-likeness (QED) is 0.205. The van der Waals surface area contributed by atoms with Crippen molar-refractivity contribution in [3.05, 3.63) is 71.4 Å². The number of hydrogen-bond donors (Lipinski definition) is 0. The molecule has 3 aromatic rings. The molecule has 0 aliphatic heterocycles. The Kier molecular flexibility index (Phi) is 7.25. The number of rotatable bonds is 8. The van der Waals surface area contributed by atoms with Crippen LogP contribution in [0.2, 0.25) is 0 Å². The van der Waals surface area contributed by atoms with E-state index in [0.29, 0.717) is 11.0 Å².